The number of rotatable bonds is 3. The first-order chi connectivity index (χ1) is 10.5. The molecular formula is C10H10F2N8O2. The summed E-state index contributed by atoms with van der Waals surface area (Å²) in [5.41, 5.74) is 14.2. The number of nitrogens with two attached hydrogens (primary N) is 1. The van der Waals surface area contributed by atoms with Crippen molar-refractivity contribution in [3.8, 4) is 0 Å². The first kappa shape index (κ1) is 14.4. The minimum absolute atomic E-state index is 0.0374. The molecule has 0 saturated carbocycles. The van der Waals surface area contributed by atoms with E-state index in [1.807, 2.05) is 0 Å². The standard InChI is InChI=1S/C10H10F2N8O2/c11-10(12)6(18-19-14)4(1-21)22-9(10)20-3-17-5-7(13)15-2-16-8(5)20/h2-4,6,9,21H,1H2,(H2,13,15,16)/t4-,6-,9-/m1/s1. The summed E-state index contributed by atoms with van der Waals surface area (Å²) in [7, 11) is 0. The molecule has 116 valence electrons. The van der Waals surface area contributed by atoms with Crippen molar-refractivity contribution in [3.63, 3.8) is 0 Å². The van der Waals surface area contributed by atoms with Crippen molar-refractivity contribution in [1.82, 2.24) is 19.5 Å². The smallest absolute Gasteiger partial charge is 0.303 e. The third kappa shape index (κ3) is 1.93. The third-order valence-electron chi connectivity index (χ3n) is 3.38. The molecule has 1 aliphatic heterocycles. The average Bonchev–Trinajstić information content (AvgIpc) is 3.01. The minimum atomic E-state index is -3.56. The first-order valence-electron chi connectivity index (χ1n) is 6.12. The highest BCUT2D eigenvalue weighted by Crippen LogP contribution is 2.45. The number of halogens is 2. The van der Waals surface area contributed by atoms with Gasteiger partial charge in [0.1, 0.15) is 17.9 Å². The Bertz CT molecular complexity index is 758. The SMILES string of the molecule is [N-]=[N+]=N[C@@H]1[C@@H](CO)O[C@@H](n2cnc3c(N)ncnc32)C1(F)F. The van der Waals surface area contributed by atoms with Crippen molar-refractivity contribution in [1.29, 1.82) is 0 Å². The van der Waals surface area contributed by atoms with Gasteiger partial charge < -0.3 is 15.6 Å². The number of azide groups is 1. The van der Waals surface area contributed by atoms with Crippen LogP contribution in [0.3, 0.4) is 0 Å². The monoisotopic (exact) mass is 312 g/mol. The van der Waals surface area contributed by atoms with Crippen LogP contribution in [-0.2, 0) is 4.74 Å². The third-order valence-corrected chi connectivity index (χ3v) is 3.38. The number of nitrogens with zero attached hydrogens (tertiary/aromatic N) is 7. The van der Waals surface area contributed by atoms with Gasteiger partial charge in [0.05, 0.1) is 19.0 Å². The number of hydrogen-bond acceptors (Lipinski definition) is 7. The van der Waals surface area contributed by atoms with E-state index in [4.69, 9.17) is 21.1 Å². The van der Waals surface area contributed by atoms with Gasteiger partial charge in [-0.1, -0.05) is 5.11 Å². The quantitative estimate of drug-likeness (QED) is 0.482. The number of aromatic nitrogens is 4. The summed E-state index contributed by atoms with van der Waals surface area (Å²) in [6.07, 6.45) is -0.981. The molecule has 1 aliphatic rings. The summed E-state index contributed by atoms with van der Waals surface area (Å²) in [5.74, 6) is -3.53. The molecule has 12 heteroatoms. The van der Waals surface area contributed by atoms with Crippen LogP contribution in [0.5, 0.6) is 0 Å². The second-order valence-electron chi connectivity index (χ2n) is 4.62. The van der Waals surface area contributed by atoms with Gasteiger partial charge in [-0.15, -0.1) is 0 Å². The van der Waals surface area contributed by atoms with Crippen molar-refractivity contribution in [2.45, 2.75) is 24.3 Å². The van der Waals surface area contributed by atoms with E-state index < -0.39 is 30.9 Å². The van der Waals surface area contributed by atoms with Crippen molar-refractivity contribution in [2.24, 2.45) is 5.11 Å². The zero-order chi connectivity index (χ0) is 15.9. The highest BCUT2D eigenvalue weighted by molar-refractivity contribution is 5.81. The van der Waals surface area contributed by atoms with E-state index in [1.165, 1.54) is 0 Å². The molecule has 2 aromatic rings. The summed E-state index contributed by atoms with van der Waals surface area (Å²) >= 11 is 0. The van der Waals surface area contributed by atoms with Gasteiger partial charge in [-0.05, 0) is 5.53 Å². The van der Waals surface area contributed by atoms with Gasteiger partial charge in [0.2, 0.25) is 6.23 Å². The Morgan fingerprint density at radius 1 is 1.50 bits per heavy atom. The maximum absolute atomic E-state index is 14.5. The van der Waals surface area contributed by atoms with Crippen LogP contribution < -0.4 is 5.73 Å². The first-order valence-corrected chi connectivity index (χ1v) is 6.12. The number of ether oxygens (including phenoxy) is 1. The maximum atomic E-state index is 14.5. The molecule has 22 heavy (non-hydrogen) atoms. The van der Waals surface area contributed by atoms with E-state index in [-0.39, 0.29) is 17.0 Å². The lowest BCUT2D eigenvalue weighted by Crippen LogP contribution is -2.37. The predicted molar refractivity (Wildman–Crippen MR) is 68.6 cm³/mol. The van der Waals surface area contributed by atoms with Crippen LogP contribution in [0, 0.1) is 0 Å². The Labute approximate surface area is 121 Å². The van der Waals surface area contributed by atoms with E-state index in [9.17, 15) is 8.78 Å². The topological polar surface area (TPSA) is 148 Å². The second kappa shape index (κ2) is 5.02. The van der Waals surface area contributed by atoms with Gasteiger partial charge >= 0.3 is 5.92 Å². The van der Waals surface area contributed by atoms with E-state index in [0.29, 0.717) is 0 Å². The van der Waals surface area contributed by atoms with Crippen molar-refractivity contribution in [2.75, 3.05) is 12.3 Å². The molecule has 3 heterocycles. The summed E-state index contributed by atoms with van der Waals surface area (Å²) in [4.78, 5) is 13.9. The number of anilines is 1. The van der Waals surface area contributed by atoms with Crippen molar-refractivity contribution >= 4 is 17.0 Å². The van der Waals surface area contributed by atoms with E-state index >= 15 is 0 Å². The summed E-state index contributed by atoms with van der Waals surface area (Å²) in [6.45, 7) is -0.723. The fourth-order valence-corrected chi connectivity index (χ4v) is 2.37. The van der Waals surface area contributed by atoms with E-state index in [2.05, 4.69) is 25.0 Å². The van der Waals surface area contributed by atoms with Crippen molar-refractivity contribution < 1.29 is 18.6 Å². The van der Waals surface area contributed by atoms with Gasteiger partial charge in [-0.3, -0.25) is 4.57 Å². The number of aliphatic hydroxyl groups is 1. The molecule has 0 radical (unpaired) electrons. The van der Waals surface area contributed by atoms with Gasteiger partial charge in [0, 0.05) is 4.91 Å². The molecule has 0 bridgehead atoms. The van der Waals surface area contributed by atoms with Crippen LogP contribution in [0.25, 0.3) is 21.6 Å². The molecule has 0 amide bonds. The average molecular weight is 312 g/mol. The molecule has 0 spiro atoms. The van der Waals surface area contributed by atoms with E-state index in [1.54, 1.807) is 0 Å². The Balaban J connectivity index is 2.10. The van der Waals surface area contributed by atoms with Crippen LogP contribution in [0.2, 0.25) is 0 Å². The van der Waals surface area contributed by atoms with Gasteiger partial charge in [-0.2, -0.15) is 0 Å². The lowest BCUT2D eigenvalue weighted by atomic mass is 10.1. The molecule has 0 aromatic carbocycles. The lowest BCUT2D eigenvalue weighted by Gasteiger charge is -2.21. The zero-order valence-corrected chi connectivity index (χ0v) is 10.9. The van der Waals surface area contributed by atoms with E-state index in [0.717, 1.165) is 17.2 Å². The molecule has 3 rings (SSSR count). The maximum Gasteiger partial charge on any atom is 0.303 e. The summed E-state index contributed by atoms with van der Waals surface area (Å²) in [6, 6.07) is -1.84. The number of nitrogen functional groups attached to an aromatic ring is 1. The molecule has 1 fully saturated rings. The lowest BCUT2D eigenvalue weighted by molar-refractivity contribution is -0.118. The fraction of sp³-hybridized carbons (Fsp3) is 0.500. The largest absolute Gasteiger partial charge is 0.394 e. The number of alkyl halides is 2. The van der Waals surface area contributed by atoms with Crippen LogP contribution in [0.4, 0.5) is 14.6 Å². The molecule has 3 N–H and O–H groups in total. The summed E-state index contributed by atoms with van der Waals surface area (Å²) in [5, 5.41) is 12.2. The number of aliphatic hydroxyl groups excluding tert-OH is 1. The normalized spacial score (nSPS) is 27.0. The fourth-order valence-electron chi connectivity index (χ4n) is 2.37. The second-order valence-corrected chi connectivity index (χ2v) is 4.62. The van der Waals surface area contributed by atoms with Crippen LogP contribution in [0.15, 0.2) is 17.8 Å². The molecule has 1 saturated heterocycles. The van der Waals surface area contributed by atoms with Crippen LogP contribution >= 0.6 is 0 Å². The van der Waals surface area contributed by atoms with Crippen molar-refractivity contribution in [3.05, 3.63) is 23.1 Å². The highest BCUT2D eigenvalue weighted by Gasteiger charge is 2.59. The number of imidazole rings is 1. The van der Waals surface area contributed by atoms with Gasteiger partial charge in [-0.25, -0.2) is 23.7 Å². The van der Waals surface area contributed by atoms with Crippen LogP contribution in [-0.4, -0.2) is 49.3 Å². The molecule has 2 aromatic heterocycles. The Morgan fingerprint density at radius 2 is 2.27 bits per heavy atom. The Hall–Kier alpha value is -2.56. The molecular weight excluding hydrogens is 302 g/mol. The highest BCUT2D eigenvalue weighted by atomic mass is 19.3. The predicted octanol–water partition coefficient (Wildman–Crippen LogP) is 0.612. The molecule has 0 aliphatic carbocycles. The van der Waals surface area contributed by atoms with Gasteiger partial charge in [0.25, 0.3) is 0 Å². The Kier molecular flexibility index (Phi) is 3.28. The molecule has 3 atom stereocenters. The molecule has 10 nitrogen and oxygen atoms in total. The van der Waals surface area contributed by atoms with Crippen LogP contribution in [0.1, 0.15) is 6.23 Å². The zero-order valence-electron chi connectivity index (χ0n) is 10.9. The molecule has 0 unspecified atom stereocenters. The summed E-state index contributed by atoms with van der Waals surface area (Å²) < 4.78 is 35.0. The van der Waals surface area contributed by atoms with Gasteiger partial charge in [0.15, 0.2) is 11.5 Å². The number of hydrogen-bond donors (Lipinski definition) is 2. The Morgan fingerprint density at radius 3 is 2.95 bits per heavy atom. The number of fused-ring (bicyclic) bond motifs is 1. The minimum Gasteiger partial charge on any atom is -0.394 e.